The zero-order valence-corrected chi connectivity index (χ0v) is 14.4. The van der Waals surface area contributed by atoms with Crippen molar-refractivity contribution in [2.75, 3.05) is 13.1 Å². The van der Waals surface area contributed by atoms with E-state index in [0.717, 1.165) is 10.5 Å². The van der Waals surface area contributed by atoms with Crippen LogP contribution in [0.15, 0.2) is 24.3 Å². The maximum atomic E-state index is 13.0. The highest BCUT2D eigenvalue weighted by molar-refractivity contribution is 6.30. The lowest BCUT2D eigenvalue weighted by atomic mass is 9.76. The van der Waals surface area contributed by atoms with Crippen molar-refractivity contribution in [3.8, 4) is 0 Å². The number of amides is 2. The lowest BCUT2D eigenvalue weighted by Crippen LogP contribution is -2.49. The van der Waals surface area contributed by atoms with Crippen molar-refractivity contribution in [1.29, 1.82) is 0 Å². The summed E-state index contributed by atoms with van der Waals surface area (Å²) in [6, 6.07) is 6.64. The van der Waals surface area contributed by atoms with E-state index in [2.05, 4.69) is 5.32 Å². The van der Waals surface area contributed by atoms with Crippen LogP contribution in [0, 0.1) is 11.8 Å². The van der Waals surface area contributed by atoms with Gasteiger partial charge in [0.05, 0.1) is 11.8 Å². The van der Waals surface area contributed by atoms with Crippen LogP contribution < -0.4 is 5.32 Å². The quantitative estimate of drug-likeness (QED) is 0.830. The molecule has 26 heavy (non-hydrogen) atoms. The highest BCUT2D eigenvalue weighted by Crippen LogP contribution is 2.39. The summed E-state index contributed by atoms with van der Waals surface area (Å²) < 4.78 is 39.0. The number of halogens is 4. The molecule has 2 fully saturated rings. The van der Waals surface area contributed by atoms with Crippen LogP contribution in [0.5, 0.6) is 0 Å². The van der Waals surface area contributed by atoms with Crippen molar-refractivity contribution < 1.29 is 27.9 Å². The van der Waals surface area contributed by atoms with Crippen molar-refractivity contribution in [1.82, 2.24) is 10.2 Å². The summed E-state index contributed by atoms with van der Waals surface area (Å²) in [5.74, 6) is -4.95. The van der Waals surface area contributed by atoms with E-state index in [4.69, 9.17) is 16.7 Å². The molecule has 3 rings (SSSR count). The van der Waals surface area contributed by atoms with E-state index in [9.17, 15) is 22.8 Å². The van der Waals surface area contributed by atoms with Crippen LogP contribution in [0.25, 0.3) is 0 Å². The number of carbonyl (C=O) groups is 2. The van der Waals surface area contributed by atoms with Gasteiger partial charge in [0, 0.05) is 24.2 Å². The minimum Gasteiger partial charge on any atom is -0.481 e. The number of benzene rings is 1. The molecule has 1 aliphatic carbocycles. The first-order chi connectivity index (χ1) is 12.1. The molecule has 142 valence electrons. The van der Waals surface area contributed by atoms with E-state index < -0.39 is 43.1 Å². The summed E-state index contributed by atoms with van der Waals surface area (Å²) in [5, 5.41) is 12.3. The lowest BCUT2D eigenvalue weighted by Gasteiger charge is -2.37. The molecular formula is C17H18ClF3N2O3. The minimum atomic E-state index is -4.65. The molecule has 0 bridgehead atoms. The number of carbonyl (C=O) groups excluding carboxylic acids is 1. The predicted molar refractivity (Wildman–Crippen MR) is 88.0 cm³/mol. The number of nitrogens with zero attached hydrogens (tertiary/aromatic N) is 1. The van der Waals surface area contributed by atoms with Gasteiger partial charge < -0.3 is 15.3 Å². The van der Waals surface area contributed by atoms with Crippen molar-refractivity contribution in [2.45, 2.75) is 31.0 Å². The molecule has 2 amide bonds. The minimum absolute atomic E-state index is 0.139. The molecule has 1 saturated heterocycles. The third-order valence-electron chi connectivity index (χ3n) is 5.13. The number of nitrogens with one attached hydrogen (secondary N) is 1. The first-order valence-electron chi connectivity index (χ1n) is 8.25. The number of hydrogen-bond donors (Lipinski definition) is 2. The zero-order chi connectivity index (χ0) is 19.1. The Bertz CT molecular complexity index is 707. The molecule has 1 aliphatic heterocycles. The molecule has 0 unspecified atom stereocenters. The van der Waals surface area contributed by atoms with Crippen molar-refractivity contribution >= 4 is 23.6 Å². The molecule has 1 aromatic carbocycles. The Morgan fingerprint density at radius 3 is 2.46 bits per heavy atom. The number of aliphatic carboxylic acids is 1. The molecule has 9 heteroatoms. The predicted octanol–water partition coefficient (Wildman–Crippen LogP) is 3.49. The number of likely N-dealkylation sites (tertiary alicyclic amines) is 1. The molecule has 0 spiro atoms. The highest BCUT2D eigenvalue weighted by Gasteiger charge is 2.53. The van der Waals surface area contributed by atoms with Crippen LogP contribution >= 0.6 is 11.6 Å². The van der Waals surface area contributed by atoms with Gasteiger partial charge in [0.15, 0.2) is 0 Å². The molecule has 2 aliphatic rings. The normalized spacial score (nSPS) is 28.5. The van der Waals surface area contributed by atoms with Crippen molar-refractivity contribution in [3.63, 3.8) is 0 Å². The van der Waals surface area contributed by atoms with Gasteiger partial charge in [0.2, 0.25) is 0 Å². The molecule has 1 aromatic rings. The average molecular weight is 391 g/mol. The Labute approximate surface area is 153 Å². The second kappa shape index (κ2) is 6.98. The third-order valence-corrected chi connectivity index (χ3v) is 5.37. The van der Waals surface area contributed by atoms with E-state index in [-0.39, 0.29) is 12.0 Å². The van der Waals surface area contributed by atoms with Crippen LogP contribution in [-0.4, -0.2) is 47.3 Å². The van der Waals surface area contributed by atoms with Gasteiger partial charge in [-0.2, -0.15) is 13.2 Å². The first kappa shape index (κ1) is 18.8. The van der Waals surface area contributed by atoms with E-state index in [1.54, 1.807) is 6.07 Å². The molecule has 5 nitrogen and oxygen atoms in total. The van der Waals surface area contributed by atoms with Gasteiger partial charge in [-0.3, -0.25) is 4.79 Å². The number of carboxylic acids is 1. The molecular weight excluding hydrogens is 373 g/mol. The molecule has 1 saturated carbocycles. The zero-order valence-electron chi connectivity index (χ0n) is 13.7. The number of alkyl halides is 3. The second-order valence-electron chi connectivity index (χ2n) is 6.87. The number of urea groups is 1. The monoisotopic (exact) mass is 390 g/mol. The summed E-state index contributed by atoms with van der Waals surface area (Å²) in [6.07, 6.45) is -3.30. The van der Waals surface area contributed by atoms with Gasteiger partial charge >= 0.3 is 18.2 Å². The smallest absolute Gasteiger partial charge is 0.394 e. The van der Waals surface area contributed by atoms with Gasteiger partial charge in [0.1, 0.15) is 0 Å². The highest BCUT2D eigenvalue weighted by atomic mass is 35.5. The van der Waals surface area contributed by atoms with Gasteiger partial charge in [-0.25, -0.2) is 4.79 Å². The molecule has 0 radical (unpaired) electrons. The van der Waals surface area contributed by atoms with Crippen LogP contribution in [-0.2, 0) is 4.79 Å². The summed E-state index contributed by atoms with van der Waals surface area (Å²) >= 11 is 5.95. The number of carboxylic acid groups (broad SMARTS) is 1. The third kappa shape index (κ3) is 3.90. The van der Waals surface area contributed by atoms with Gasteiger partial charge in [0.25, 0.3) is 0 Å². The van der Waals surface area contributed by atoms with Crippen molar-refractivity contribution in [2.24, 2.45) is 11.8 Å². The Morgan fingerprint density at radius 1 is 1.23 bits per heavy atom. The molecule has 2 N–H and O–H groups in total. The SMILES string of the molecule is O=C(O)[C@@H]1CN(C(=O)NC2CC(c3cccc(Cl)c3)C2)C[C@H]1C(F)(F)F. The van der Waals surface area contributed by atoms with Crippen LogP contribution in [0.1, 0.15) is 24.3 Å². The second-order valence-corrected chi connectivity index (χ2v) is 7.30. The summed E-state index contributed by atoms with van der Waals surface area (Å²) in [6.45, 7) is -1.06. The Morgan fingerprint density at radius 2 is 1.92 bits per heavy atom. The first-order valence-corrected chi connectivity index (χ1v) is 8.63. The number of rotatable bonds is 3. The Hall–Kier alpha value is -1.96. The molecule has 0 aromatic heterocycles. The fourth-order valence-corrected chi connectivity index (χ4v) is 3.78. The summed E-state index contributed by atoms with van der Waals surface area (Å²) in [5.41, 5.74) is 1.06. The maximum Gasteiger partial charge on any atom is 0.394 e. The van der Waals surface area contributed by atoms with Gasteiger partial charge in [-0.05, 0) is 36.5 Å². The Kier molecular flexibility index (Phi) is 5.05. The topological polar surface area (TPSA) is 69.6 Å². The standard InChI is InChI=1S/C17H18ClF3N2O3/c18-11-3-1-2-9(4-11)10-5-12(6-10)22-16(26)23-7-13(15(24)25)14(8-23)17(19,20)21/h1-4,10,12-14H,5-8H2,(H,22,26)(H,24,25)/t10?,12?,13-,14-/m1/s1. The van der Waals surface area contributed by atoms with Crippen LogP contribution in [0.2, 0.25) is 5.02 Å². The van der Waals surface area contributed by atoms with E-state index in [1.165, 1.54) is 0 Å². The summed E-state index contributed by atoms with van der Waals surface area (Å²) in [7, 11) is 0. The summed E-state index contributed by atoms with van der Waals surface area (Å²) in [4.78, 5) is 24.2. The number of hydrogen-bond acceptors (Lipinski definition) is 2. The van der Waals surface area contributed by atoms with Gasteiger partial charge in [-0.15, -0.1) is 0 Å². The molecule has 1 heterocycles. The van der Waals surface area contributed by atoms with E-state index in [0.29, 0.717) is 17.9 Å². The lowest BCUT2D eigenvalue weighted by molar-refractivity contribution is -0.187. The fourth-order valence-electron chi connectivity index (χ4n) is 3.59. The van der Waals surface area contributed by atoms with Crippen molar-refractivity contribution in [3.05, 3.63) is 34.9 Å². The average Bonchev–Trinajstić information content (AvgIpc) is 2.96. The van der Waals surface area contributed by atoms with Gasteiger partial charge in [-0.1, -0.05) is 23.7 Å². The maximum absolute atomic E-state index is 13.0. The fraction of sp³-hybridized carbons (Fsp3) is 0.529. The Balaban J connectivity index is 1.54. The van der Waals surface area contributed by atoms with Crippen LogP contribution in [0.4, 0.5) is 18.0 Å². The largest absolute Gasteiger partial charge is 0.481 e. The molecule has 2 atom stereocenters. The van der Waals surface area contributed by atoms with Crippen LogP contribution in [0.3, 0.4) is 0 Å². The van der Waals surface area contributed by atoms with E-state index >= 15 is 0 Å². The van der Waals surface area contributed by atoms with E-state index in [1.807, 2.05) is 18.2 Å².